The van der Waals surface area contributed by atoms with Crippen molar-refractivity contribution in [1.29, 1.82) is 0 Å². The molecule has 0 spiro atoms. The normalized spacial score (nSPS) is 43.1. The van der Waals surface area contributed by atoms with Crippen molar-refractivity contribution in [2.75, 3.05) is 19.6 Å². The maximum Gasteiger partial charge on any atom is 0.242 e. The van der Waals surface area contributed by atoms with E-state index in [1.54, 1.807) is 0 Å². The first kappa shape index (κ1) is 13.4. The van der Waals surface area contributed by atoms with Crippen molar-refractivity contribution in [3.8, 4) is 0 Å². The molecule has 0 aromatic rings. The lowest BCUT2D eigenvalue weighted by atomic mass is 9.71. The van der Waals surface area contributed by atoms with Crippen molar-refractivity contribution >= 4 is 5.91 Å². The lowest BCUT2D eigenvalue weighted by molar-refractivity contribution is -0.148. The molecule has 3 aliphatic rings. The Balaban J connectivity index is 1.69. The molecule has 1 aliphatic carbocycles. The number of amides is 1. The molecule has 4 heteroatoms. The summed E-state index contributed by atoms with van der Waals surface area (Å²) >= 11 is 0. The van der Waals surface area contributed by atoms with E-state index < -0.39 is 5.60 Å². The van der Waals surface area contributed by atoms with Crippen molar-refractivity contribution in [3.05, 3.63) is 0 Å². The Morgan fingerprint density at radius 2 is 2.11 bits per heavy atom. The van der Waals surface area contributed by atoms with E-state index in [9.17, 15) is 9.90 Å². The van der Waals surface area contributed by atoms with E-state index in [0.29, 0.717) is 5.92 Å². The molecule has 0 aromatic carbocycles. The summed E-state index contributed by atoms with van der Waals surface area (Å²) in [6, 6.07) is 0. The molecule has 19 heavy (non-hydrogen) atoms. The van der Waals surface area contributed by atoms with Crippen LogP contribution in [-0.4, -0.2) is 46.7 Å². The minimum atomic E-state index is -0.487. The average molecular weight is 266 g/mol. The van der Waals surface area contributed by atoms with Crippen molar-refractivity contribution in [1.82, 2.24) is 10.2 Å². The summed E-state index contributed by atoms with van der Waals surface area (Å²) in [4.78, 5) is 14.7. The van der Waals surface area contributed by atoms with Gasteiger partial charge in [-0.15, -0.1) is 0 Å². The Kier molecular flexibility index (Phi) is 3.34. The third-order valence-electron chi connectivity index (χ3n) is 5.56. The van der Waals surface area contributed by atoms with Crippen LogP contribution in [0.5, 0.6) is 0 Å². The van der Waals surface area contributed by atoms with E-state index in [0.717, 1.165) is 58.2 Å². The number of piperidine rings is 1. The van der Waals surface area contributed by atoms with E-state index in [1.165, 1.54) is 6.42 Å². The molecule has 1 saturated carbocycles. The van der Waals surface area contributed by atoms with E-state index in [1.807, 2.05) is 11.8 Å². The monoisotopic (exact) mass is 266 g/mol. The first-order valence-corrected chi connectivity index (χ1v) is 7.80. The Morgan fingerprint density at radius 3 is 2.84 bits per heavy atom. The van der Waals surface area contributed by atoms with E-state index in [2.05, 4.69) is 5.32 Å². The van der Waals surface area contributed by atoms with Crippen LogP contribution in [0, 0.1) is 5.92 Å². The zero-order valence-electron chi connectivity index (χ0n) is 12.0. The molecule has 3 rings (SSSR count). The van der Waals surface area contributed by atoms with Crippen LogP contribution in [-0.2, 0) is 4.79 Å². The minimum Gasteiger partial charge on any atom is -0.389 e. The molecule has 3 unspecified atom stereocenters. The minimum absolute atomic E-state index is 0.248. The van der Waals surface area contributed by atoms with Gasteiger partial charge in [-0.25, -0.2) is 0 Å². The molecule has 2 heterocycles. The van der Waals surface area contributed by atoms with E-state index in [4.69, 9.17) is 0 Å². The number of nitrogens with one attached hydrogen (secondary N) is 1. The third-order valence-corrected chi connectivity index (χ3v) is 5.56. The number of carbonyl (C=O) groups excluding carboxylic acids is 1. The molecule has 2 aliphatic heterocycles. The van der Waals surface area contributed by atoms with Crippen molar-refractivity contribution in [3.63, 3.8) is 0 Å². The summed E-state index contributed by atoms with van der Waals surface area (Å²) in [6.45, 7) is 4.46. The van der Waals surface area contributed by atoms with Gasteiger partial charge in [-0.2, -0.15) is 0 Å². The fourth-order valence-electron chi connectivity index (χ4n) is 4.18. The Labute approximate surface area is 115 Å². The van der Waals surface area contributed by atoms with Gasteiger partial charge in [0, 0.05) is 19.0 Å². The summed E-state index contributed by atoms with van der Waals surface area (Å²) in [7, 11) is 0. The van der Waals surface area contributed by atoms with Gasteiger partial charge in [0.2, 0.25) is 5.91 Å². The second-order valence-electron chi connectivity index (χ2n) is 6.91. The van der Waals surface area contributed by atoms with Gasteiger partial charge < -0.3 is 15.3 Å². The Morgan fingerprint density at radius 1 is 1.26 bits per heavy atom. The predicted molar refractivity (Wildman–Crippen MR) is 73.7 cm³/mol. The topological polar surface area (TPSA) is 52.6 Å². The molecular formula is C15H26N2O2. The molecule has 0 aromatic heterocycles. The van der Waals surface area contributed by atoms with Gasteiger partial charge in [-0.05, 0) is 45.6 Å². The Hall–Kier alpha value is -0.610. The number of carbonyl (C=O) groups is 1. The van der Waals surface area contributed by atoms with Crippen LogP contribution < -0.4 is 5.32 Å². The lowest BCUT2D eigenvalue weighted by Gasteiger charge is -2.48. The molecule has 3 fully saturated rings. The van der Waals surface area contributed by atoms with Crippen LogP contribution in [0.1, 0.15) is 51.9 Å². The largest absolute Gasteiger partial charge is 0.389 e. The fourth-order valence-corrected chi connectivity index (χ4v) is 4.18. The zero-order valence-corrected chi connectivity index (χ0v) is 12.0. The molecule has 108 valence electrons. The maximum absolute atomic E-state index is 12.7. The first-order chi connectivity index (χ1) is 9.04. The number of likely N-dealkylation sites (tertiary alicyclic amines) is 1. The van der Waals surface area contributed by atoms with E-state index >= 15 is 0 Å². The summed E-state index contributed by atoms with van der Waals surface area (Å²) < 4.78 is 0. The highest BCUT2D eigenvalue weighted by molar-refractivity contribution is 5.86. The van der Waals surface area contributed by atoms with E-state index in [-0.39, 0.29) is 11.4 Å². The highest BCUT2D eigenvalue weighted by Crippen LogP contribution is 2.40. The second-order valence-corrected chi connectivity index (χ2v) is 6.91. The van der Waals surface area contributed by atoms with Gasteiger partial charge in [0.1, 0.15) is 0 Å². The van der Waals surface area contributed by atoms with Gasteiger partial charge in [-0.1, -0.05) is 12.8 Å². The van der Waals surface area contributed by atoms with Crippen LogP contribution in [0.15, 0.2) is 0 Å². The quantitative estimate of drug-likeness (QED) is 0.752. The van der Waals surface area contributed by atoms with Crippen molar-refractivity contribution in [2.45, 2.75) is 63.0 Å². The second kappa shape index (κ2) is 4.74. The van der Waals surface area contributed by atoms with Gasteiger partial charge in [0.25, 0.3) is 0 Å². The molecule has 3 atom stereocenters. The van der Waals surface area contributed by atoms with Crippen LogP contribution in [0.2, 0.25) is 0 Å². The lowest BCUT2D eigenvalue weighted by Crippen LogP contribution is -2.60. The van der Waals surface area contributed by atoms with Gasteiger partial charge in [-0.3, -0.25) is 4.79 Å². The summed E-state index contributed by atoms with van der Waals surface area (Å²) in [5.74, 6) is 0.543. The number of hydrogen-bond donors (Lipinski definition) is 2. The van der Waals surface area contributed by atoms with Crippen LogP contribution >= 0.6 is 0 Å². The van der Waals surface area contributed by atoms with Crippen LogP contribution in [0.25, 0.3) is 0 Å². The smallest absolute Gasteiger partial charge is 0.242 e. The van der Waals surface area contributed by atoms with Gasteiger partial charge in [0.15, 0.2) is 0 Å². The SMILES string of the molecule is CC1(C(=O)N2CCC3(O)CCCCC3C2)CCCN1. The summed E-state index contributed by atoms with van der Waals surface area (Å²) in [6.07, 6.45) is 7.13. The van der Waals surface area contributed by atoms with Crippen LogP contribution in [0.4, 0.5) is 0 Å². The van der Waals surface area contributed by atoms with Crippen LogP contribution in [0.3, 0.4) is 0 Å². The van der Waals surface area contributed by atoms with Gasteiger partial charge >= 0.3 is 0 Å². The average Bonchev–Trinajstić information content (AvgIpc) is 2.85. The fraction of sp³-hybridized carbons (Fsp3) is 0.933. The number of fused-ring (bicyclic) bond motifs is 1. The summed E-state index contributed by atoms with van der Waals surface area (Å²) in [5, 5.41) is 14.0. The zero-order chi connectivity index (χ0) is 13.5. The molecule has 4 nitrogen and oxygen atoms in total. The van der Waals surface area contributed by atoms with Gasteiger partial charge in [0.05, 0.1) is 11.1 Å². The highest BCUT2D eigenvalue weighted by atomic mass is 16.3. The predicted octanol–water partition coefficient (Wildman–Crippen LogP) is 1.28. The number of nitrogens with zero attached hydrogens (tertiary/aromatic N) is 1. The molecule has 0 radical (unpaired) electrons. The molecular weight excluding hydrogens is 240 g/mol. The number of rotatable bonds is 1. The standard InChI is InChI=1S/C15H26N2O2/c1-14(6-4-9-16-14)13(18)17-10-8-15(19)7-3-2-5-12(15)11-17/h12,16,19H,2-11H2,1H3. The first-order valence-electron chi connectivity index (χ1n) is 7.80. The molecule has 2 saturated heterocycles. The number of aliphatic hydroxyl groups is 1. The maximum atomic E-state index is 12.7. The summed E-state index contributed by atoms with van der Waals surface area (Å²) in [5.41, 5.74) is -0.844. The Bertz CT molecular complexity index is 365. The third kappa shape index (κ3) is 2.29. The molecule has 1 amide bonds. The molecule has 2 N–H and O–H groups in total. The van der Waals surface area contributed by atoms with Crippen molar-refractivity contribution in [2.24, 2.45) is 5.92 Å². The number of hydrogen-bond acceptors (Lipinski definition) is 3. The highest BCUT2D eigenvalue weighted by Gasteiger charge is 2.47. The van der Waals surface area contributed by atoms with Crippen molar-refractivity contribution < 1.29 is 9.90 Å². The molecule has 0 bridgehead atoms.